The Morgan fingerprint density at radius 1 is 1.06 bits per heavy atom. The van der Waals surface area contributed by atoms with Crippen molar-refractivity contribution in [1.82, 2.24) is 6.15 Å². The molecule has 0 fully saturated rings. The summed E-state index contributed by atoms with van der Waals surface area (Å²) >= 11 is 0. The maximum atomic E-state index is 10.7. The summed E-state index contributed by atoms with van der Waals surface area (Å²) in [5.74, 6) is -0.132. The van der Waals surface area contributed by atoms with E-state index in [1.165, 1.54) is 0 Å². The first kappa shape index (κ1) is 20.9. The molecule has 0 spiro atoms. The van der Waals surface area contributed by atoms with Gasteiger partial charge in [0.15, 0.2) is 0 Å². The molecule has 102 valence electrons. The van der Waals surface area contributed by atoms with Crippen LogP contribution in [0.1, 0.15) is 13.3 Å². The van der Waals surface area contributed by atoms with E-state index in [1.54, 1.807) is 6.92 Å². The van der Waals surface area contributed by atoms with E-state index in [0.29, 0.717) is 6.42 Å². The van der Waals surface area contributed by atoms with Crippen LogP contribution in [0.25, 0.3) is 0 Å². The minimum atomic E-state index is -5.84. The summed E-state index contributed by atoms with van der Waals surface area (Å²) in [7, 11) is -9.51. The third kappa shape index (κ3) is 13.6. The molecule has 0 aromatic carbocycles. The first-order chi connectivity index (χ1) is 6.31. The molecule has 0 amide bonds. The van der Waals surface area contributed by atoms with E-state index in [9.17, 15) is 21.6 Å². The van der Waals surface area contributed by atoms with Crippen LogP contribution in [0, 0.1) is 0 Å². The summed E-state index contributed by atoms with van der Waals surface area (Å²) in [6.07, 6.45) is 0.471. The van der Waals surface area contributed by atoms with E-state index in [2.05, 4.69) is 0 Å². The molecule has 0 saturated carbocycles. The van der Waals surface area contributed by atoms with Crippen LogP contribution in [0.2, 0.25) is 0 Å². The first-order valence-corrected chi connectivity index (χ1v) is 6.35. The molecule has 12 heteroatoms. The van der Waals surface area contributed by atoms with Gasteiger partial charge in [0.2, 0.25) is 0 Å². The molecule has 0 radical (unpaired) electrons. The summed E-state index contributed by atoms with van der Waals surface area (Å²) in [5, 5.41) is 0. The van der Waals surface area contributed by atoms with Gasteiger partial charge >= 0.3 is 15.6 Å². The second kappa shape index (κ2) is 7.01. The van der Waals surface area contributed by atoms with Crippen molar-refractivity contribution >= 4 is 20.2 Å². The van der Waals surface area contributed by atoms with Gasteiger partial charge in [-0.15, -0.1) is 0 Å². The zero-order valence-corrected chi connectivity index (χ0v) is 9.73. The highest BCUT2D eigenvalue weighted by atomic mass is 32.2. The van der Waals surface area contributed by atoms with Gasteiger partial charge in [0.05, 0.1) is 5.75 Å². The second-order valence-electron chi connectivity index (χ2n) is 2.21. The largest absolute Gasteiger partial charge is 0.522 e. The number of rotatable bonds is 2. The van der Waals surface area contributed by atoms with Gasteiger partial charge in [-0.2, -0.15) is 30.0 Å². The van der Waals surface area contributed by atoms with Crippen molar-refractivity contribution in [3.8, 4) is 0 Å². The van der Waals surface area contributed by atoms with Crippen LogP contribution < -0.4 is 6.15 Å². The van der Waals surface area contributed by atoms with Crippen molar-refractivity contribution in [2.24, 2.45) is 0 Å². The average molecular weight is 291 g/mol. The maximum Gasteiger partial charge on any atom is 0.522 e. The van der Waals surface area contributed by atoms with Crippen LogP contribution >= 0.6 is 0 Å². The fraction of sp³-hybridized carbons (Fsp3) is 1.00. The molecular weight excluding hydrogens is 279 g/mol. The fourth-order valence-corrected chi connectivity index (χ4v) is 0.774. The Morgan fingerprint density at radius 3 is 1.31 bits per heavy atom. The Balaban J connectivity index is -0.000000200. The van der Waals surface area contributed by atoms with Crippen LogP contribution in [0.5, 0.6) is 0 Å². The van der Waals surface area contributed by atoms with Gasteiger partial charge < -0.3 is 6.15 Å². The van der Waals surface area contributed by atoms with Gasteiger partial charge in [-0.05, 0) is 6.42 Å². The lowest BCUT2D eigenvalue weighted by atomic mass is 10.6. The number of halogens is 3. The van der Waals surface area contributed by atoms with Crippen molar-refractivity contribution < 1.29 is 39.1 Å². The Labute approximate surface area is 90.7 Å². The summed E-state index contributed by atoms with van der Waals surface area (Å²) in [6.45, 7) is 1.69. The van der Waals surface area contributed by atoms with Gasteiger partial charge in [-0.1, -0.05) is 6.92 Å². The topological polar surface area (TPSA) is 144 Å². The lowest BCUT2D eigenvalue weighted by molar-refractivity contribution is -0.0510. The number of alkyl halides is 3. The molecule has 0 aromatic rings. The molecule has 0 rings (SSSR count). The predicted molar refractivity (Wildman–Crippen MR) is 49.3 cm³/mol. The number of hydrogen-bond donors (Lipinski definition) is 3. The zero-order chi connectivity index (χ0) is 12.9. The standard InChI is InChI=1S/C3H8O3S.CHF3O3S.H3N/c1-2-3-7(4,5)6;2-1(3,4)8(5,6)7;/h2-3H2,1H3,(H,4,5,6);(H,5,6,7);1H3. The molecule has 0 aliphatic rings. The third-order valence-electron chi connectivity index (χ3n) is 0.755. The molecule has 5 N–H and O–H groups in total. The summed E-state index contributed by atoms with van der Waals surface area (Å²) < 4.78 is 85.1. The summed E-state index contributed by atoms with van der Waals surface area (Å²) in [6, 6.07) is 0. The Morgan fingerprint density at radius 2 is 1.31 bits per heavy atom. The summed E-state index contributed by atoms with van der Waals surface area (Å²) in [5.41, 5.74) is -5.53. The van der Waals surface area contributed by atoms with E-state index in [4.69, 9.17) is 17.5 Å². The average Bonchev–Trinajstić information content (AvgIpc) is 1.79. The highest BCUT2D eigenvalue weighted by Gasteiger charge is 2.44. The minimum absolute atomic E-state index is 0. The first-order valence-electron chi connectivity index (χ1n) is 3.30. The third-order valence-corrected chi connectivity index (χ3v) is 2.26. The van der Waals surface area contributed by atoms with Crippen LogP contribution in [0.15, 0.2) is 0 Å². The normalized spacial score (nSPS) is 12.1. The molecule has 0 bridgehead atoms. The van der Waals surface area contributed by atoms with Crippen LogP contribution in [0.3, 0.4) is 0 Å². The molecule has 0 aromatic heterocycles. The van der Waals surface area contributed by atoms with Crippen molar-refractivity contribution in [2.45, 2.75) is 18.9 Å². The van der Waals surface area contributed by atoms with Gasteiger partial charge in [-0.25, -0.2) is 0 Å². The SMILES string of the molecule is CCCS(=O)(=O)O.N.O=S(=O)(O)C(F)(F)F. The Kier molecular flexibility index (Phi) is 9.16. The van der Waals surface area contributed by atoms with E-state index < -0.39 is 25.7 Å². The molecule has 16 heavy (non-hydrogen) atoms. The lowest BCUT2D eigenvalue weighted by Crippen LogP contribution is -2.21. The van der Waals surface area contributed by atoms with Crippen molar-refractivity contribution in [3.63, 3.8) is 0 Å². The van der Waals surface area contributed by atoms with E-state index in [0.717, 1.165) is 0 Å². The molecule has 7 nitrogen and oxygen atoms in total. The summed E-state index contributed by atoms with van der Waals surface area (Å²) in [4.78, 5) is 0. The zero-order valence-electron chi connectivity index (χ0n) is 8.10. The Hall–Kier alpha value is -0.430. The fourth-order valence-electron chi connectivity index (χ4n) is 0.258. The molecule has 0 heterocycles. The van der Waals surface area contributed by atoms with E-state index in [1.807, 2.05) is 0 Å². The van der Waals surface area contributed by atoms with Gasteiger partial charge in [0.1, 0.15) is 0 Å². The maximum absolute atomic E-state index is 10.7. The number of hydrogen-bond acceptors (Lipinski definition) is 5. The minimum Gasteiger partial charge on any atom is -0.344 e. The van der Waals surface area contributed by atoms with Crippen LogP contribution in [-0.2, 0) is 20.2 Å². The van der Waals surface area contributed by atoms with Crippen molar-refractivity contribution in [1.29, 1.82) is 0 Å². The quantitative estimate of drug-likeness (QED) is 0.505. The molecular formula is C4H12F3NO6S2. The second-order valence-corrected chi connectivity index (χ2v) is 5.19. The Bertz CT molecular complexity index is 371. The molecule has 0 aliphatic carbocycles. The molecule has 0 aliphatic heterocycles. The van der Waals surface area contributed by atoms with E-state index >= 15 is 0 Å². The van der Waals surface area contributed by atoms with Crippen LogP contribution in [-0.4, -0.2) is 37.2 Å². The van der Waals surface area contributed by atoms with Crippen LogP contribution in [0.4, 0.5) is 13.2 Å². The van der Waals surface area contributed by atoms with Gasteiger partial charge in [0, 0.05) is 0 Å². The lowest BCUT2D eigenvalue weighted by Gasteiger charge is -1.97. The van der Waals surface area contributed by atoms with Gasteiger partial charge in [0.25, 0.3) is 10.1 Å². The highest BCUT2D eigenvalue weighted by molar-refractivity contribution is 7.86. The predicted octanol–water partition coefficient (Wildman–Crippen LogP) is 0.840. The monoisotopic (exact) mass is 291 g/mol. The van der Waals surface area contributed by atoms with Gasteiger partial charge in [-0.3, -0.25) is 9.11 Å². The van der Waals surface area contributed by atoms with Crippen molar-refractivity contribution in [3.05, 3.63) is 0 Å². The smallest absolute Gasteiger partial charge is 0.344 e. The molecule has 0 saturated heterocycles. The highest BCUT2D eigenvalue weighted by Crippen LogP contribution is 2.20. The van der Waals surface area contributed by atoms with Crippen molar-refractivity contribution in [2.75, 3.05) is 5.75 Å². The van der Waals surface area contributed by atoms with E-state index in [-0.39, 0.29) is 11.9 Å². The molecule has 0 unspecified atom stereocenters. The molecule has 0 atom stereocenters.